The molecule has 164 valence electrons. The first kappa shape index (κ1) is 20.6. The SMILES string of the molecule is C=CNCCn1c(-c2ccccc2)ncc(NCc2ccc3oc4ccccc4c3c2)c1=O. The Bertz CT molecular complexity index is 1490. The van der Waals surface area contributed by atoms with Gasteiger partial charge in [-0.3, -0.25) is 9.36 Å². The van der Waals surface area contributed by atoms with E-state index in [1.54, 1.807) is 17.0 Å². The van der Waals surface area contributed by atoms with E-state index in [4.69, 9.17) is 4.42 Å². The van der Waals surface area contributed by atoms with Gasteiger partial charge in [0.1, 0.15) is 22.7 Å². The Labute approximate surface area is 191 Å². The molecule has 0 aliphatic heterocycles. The first-order valence-corrected chi connectivity index (χ1v) is 10.9. The third kappa shape index (κ3) is 4.11. The van der Waals surface area contributed by atoms with Crippen LogP contribution in [0.5, 0.6) is 0 Å². The van der Waals surface area contributed by atoms with Crippen LogP contribution in [0.3, 0.4) is 0 Å². The molecule has 0 atom stereocenters. The molecule has 0 fully saturated rings. The summed E-state index contributed by atoms with van der Waals surface area (Å²) in [6, 6.07) is 23.8. The van der Waals surface area contributed by atoms with Gasteiger partial charge in [0.15, 0.2) is 0 Å². The third-order valence-electron chi connectivity index (χ3n) is 5.63. The number of nitrogens with zero attached hydrogens (tertiary/aromatic N) is 2. The van der Waals surface area contributed by atoms with Gasteiger partial charge in [-0.2, -0.15) is 0 Å². The molecule has 0 spiro atoms. The van der Waals surface area contributed by atoms with E-state index in [9.17, 15) is 4.79 Å². The van der Waals surface area contributed by atoms with E-state index in [1.165, 1.54) is 0 Å². The molecule has 0 bridgehead atoms. The Hall–Kier alpha value is -4.32. The minimum atomic E-state index is -0.107. The van der Waals surface area contributed by atoms with E-state index < -0.39 is 0 Å². The Balaban J connectivity index is 1.44. The zero-order valence-corrected chi connectivity index (χ0v) is 18.1. The van der Waals surface area contributed by atoms with Crippen molar-refractivity contribution in [3.63, 3.8) is 0 Å². The molecule has 5 rings (SSSR count). The Morgan fingerprint density at radius 1 is 0.970 bits per heavy atom. The summed E-state index contributed by atoms with van der Waals surface area (Å²) in [6.45, 7) is 5.24. The molecule has 0 unspecified atom stereocenters. The fourth-order valence-corrected chi connectivity index (χ4v) is 4.00. The van der Waals surface area contributed by atoms with Crippen LogP contribution < -0.4 is 16.2 Å². The molecule has 3 aromatic carbocycles. The molecule has 2 aromatic heterocycles. The highest BCUT2D eigenvalue weighted by molar-refractivity contribution is 6.04. The molecule has 2 N–H and O–H groups in total. The molecule has 0 radical (unpaired) electrons. The average molecular weight is 437 g/mol. The number of aromatic nitrogens is 2. The fraction of sp³-hybridized carbons (Fsp3) is 0.111. The van der Waals surface area contributed by atoms with Crippen molar-refractivity contribution in [1.82, 2.24) is 14.9 Å². The molecule has 6 heteroatoms. The van der Waals surface area contributed by atoms with Gasteiger partial charge in [-0.25, -0.2) is 4.98 Å². The summed E-state index contributed by atoms with van der Waals surface area (Å²) in [7, 11) is 0. The highest BCUT2D eigenvalue weighted by Crippen LogP contribution is 2.29. The fourth-order valence-electron chi connectivity index (χ4n) is 4.00. The van der Waals surface area contributed by atoms with Crippen molar-refractivity contribution in [2.24, 2.45) is 0 Å². The highest BCUT2D eigenvalue weighted by Gasteiger charge is 2.12. The van der Waals surface area contributed by atoms with Gasteiger partial charge < -0.3 is 15.1 Å². The lowest BCUT2D eigenvalue weighted by molar-refractivity contribution is 0.637. The van der Waals surface area contributed by atoms with Crippen molar-refractivity contribution < 1.29 is 4.42 Å². The van der Waals surface area contributed by atoms with Crippen molar-refractivity contribution in [2.45, 2.75) is 13.1 Å². The maximum atomic E-state index is 13.3. The van der Waals surface area contributed by atoms with E-state index in [-0.39, 0.29) is 5.56 Å². The normalized spacial score (nSPS) is 11.0. The monoisotopic (exact) mass is 436 g/mol. The van der Waals surface area contributed by atoms with Crippen LogP contribution >= 0.6 is 0 Å². The number of rotatable bonds is 8. The summed E-state index contributed by atoms with van der Waals surface area (Å²) in [6.07, 6.45) is 3.24. The summed E-state index contributed by atoms with van der Waals surface area (Å²) in [5.41, 5.74) is 4.03. The van der Waals surface area contributed by atoms with E-state index in [0.29, 0.717) is 31.1 Å². The van der Waals surface area contributed by atoms with E-state index in [0.717, 1.165) is 33.1 Å². The highest BCUT2D eigenvalue weighted by atomic mass is 16.3. The number of benzene rings is 3. The Morgan fingerprint density at radius 2 is 1.76 bits per heavy atom. The molecule has 33 heavy (non-hydrogen) atoms. The van der Waals surface area contributed by atoms with Gasteiger partial charge in [0.25, 0.3) is 5.56 Å². The first-order valence-electron chi connectivity index (χ1n) is 10.9. The third-order valence-corrected chi connectivity index (χ3v) is 5.63. The van der Waals surface area contributed by atoms with Crippen molar-refractivity contribution >= 4 is 27.6 Å². The number of furan rings is 1. The van der Waals surface area contributed by atoms with Crippen LogP contribution in [0.1, 0.15) is 5.56 Å². The van der Waals surface area contributed by atoms with Crippen LogP contribution in [-0.2, 0) is 13.1 Å². The van der Waals surface area contributed by atoms with Crippen LogP contribution in [0, 0.1) is 0 Å². The second kappa shape index (κ2) is 9.04. The Morgan fingerprint density at radius 3 is 2.61 bits per heavy atom. The van der Waals surface area contributed by atoms with E-state index in [1.807, 2.05) is 60.7 Å². The number of hydrogen-bond acceptors (Lipinski definition) is 5. The minimum absolute atomic E-state index is 0.107. The summed E-state index contributed by atoms with van der Waals surface area (Å²) >= 11 is 0. The predicted octanol–water partition coefficient (Wildman–Crippen LogP) is 5.15. The van der Waals surface area contributed by atoms with Crippen molar-refractivity contribution in [1.29, 1.82) is 0 Å². The zero-order valence-electron chi connectivity index (χ0n) is 18.1. The molecule has 0 saturated carbocycles. The lowest BCUT2D eigenvalue weighted by Crippen LogP contribution is -2.29. The molecule has 2 heterocycles. The summed E-state index contributed by atoms with van der Waals surface area (Å²) < 4.78 is 7.61. The topological polar surface area (TPSA) is 72.1 Å². The largest absolute Gasteiger partial charge is 0.456 e. The van der Waals surface area contributed by atoms with E-state index >= 15 is 0 Å². The quantitative estimate of drug-likeness (QED) is 0.329. The molecule has 0 aliphatic carbocycles. The maximum absolute atomic E-state index is 13.3. The van der Waals surface area contributed by atoms with Gasteiger partial charge >= 0.3 is 0 Å². The van der Waals surface area contributed by atoms with Crippen LogP contribution in [0.15, 0.2) is 101 Å². The minimum Gasteiger partial charge on any atom is -0.456 e. The van der Waals surface area contributed by atoms with Gasteiger partial charge in [-0.15, -0.1) is 0 Å². The molecule has 0 saturated heterocycles. The van der Waals surface area contributed by atoms with Gasteiger partial charge in [0, 0.05) is 36.0 Å². The smallest absolute Gasteiger partial charge is 0.277 e. The van der Waals surface area contributed by atoms with Crippen LogP contribution in [0.4, 0.5) is 5.69 Å². The number of fused-ring (bicyclic) bond motifs is 3. The molecule has 0 aliphatic rings. The molecule has 5 aromatic rings. The average Bonchev–Trinajstić information content (AvgIpc) is 3.23. The maximum Gasteiger partial charge on any atom is 0.277 e. The summed E-state index contributed by atoms with van der Waals surface area (Å²) in [5.74, 6) is 0.642. The number of anilines is 1. The van der Waals surface area contributed by atoms with Gasteiger partial charge in [0.05, 0.1) is 6.20 Å². The predicted molar refractivity (Wildman–Crippen MR) is 133 cm³/mol. The lowest BCUT2D eigenvalue weighted by Gasteiger charge is -2.15. The Kier molecular flexibility index (Phi) is 5.64. The number of hydrogen-bond donors (Lipinski definition) is 2. The van der Waals surface area contributed by atoms with Crippen LogP contribution in [-0.4, -0.2) is 16.1 Å². The summed E-state index contributed by atoms with van der Waals surface area (Å²) in [4.78, 5) is 17.9. The number of para-hydroxylation sites is 1. The second-order valence-electron chi connectivity index (χ2n) is 7.76. The molecule has 6 nitrogen and oxygen atoms in total. The first-order chi connectivity index (χ1) is 16.2. The second-order valence-corrected chi connectivity index (χ2v) is 7.76. The molecular weight excluding hydrogens is 412 g/mol. The lowest BCUT2D eigenvalue weighted by atomic mass is 10.1. The summed E-state index contributed by atoms with van der Waals surface area (Å²) in [5, 5.41) is 8.48. The number of nitrogens with one attached hydrogen (secondary N) is 2. The van der Waals surface area contributed by atoms with Gasteiger partial charge in [-0.05, 0) is 30.0 Å². The van der Waals surface area contributed by atoms with E-state index in [2.05, 4.69) is 34.3 Å². The molecule has 0 amide bonds. The van der Waals surface area contributed by atoms with Gasteiger partial charge in [0.2, 0.25) is 0 Å². The van der Waals surface area contributed by atoms with Crippen molar-refractivity contribution in [2.75, 3.05) is 11.9 Å². The standard InChI is InChI=1S/C27H24N4O2/c1-2-28-14-15-31-26(20-8-4-3-5-9-20)30-18-23(27(31)32)29-17-19-12-13-25-22(16-19)21-10-6-7-11-24(21)33-25/h2-13,16,18,28-29H,1,14-15,17H2. The van der Waals surface area contributed by atoms with Crippen LogP contribution in [0.2, 0.25) is 0 Å². The van der Waals surface area contributed by atoms with Crippen LogP contribution in [0.25, 0.3) is 33.3 Å². The zero-order chi connectivity index (χ0) is 22.6. The molecular formula is C27H24N4O2. The van der Waals surface area contributed by atoms with Crippen molar-refractivity contribution in [3.8, 4) is 11.4 Å². The van der Waals surface area contributed by atoms with Crippen molar-refractivity contribution in [3.05, 3.63) is 108 Å². The van der Waals surface area contributed by atoms with Gasteiger partial charge in [-0.1, -0.05) is 61.2 Å².